The predicted molar refractivity (Wildman–Crippen MR) is 38.9 cm³/mol. The summed E-state index contributed by atoms with van der Waals surface area (Å²) in [5.74, 6) is 5.72. The quantitative estimate of drug-likeness (QED) is 0.435. The molecule has 0 aromatic rings. The Morgan fingerprint density at radius 1 is 1.56 bits per heavy atom. The van der Waals surface area contributed by atoms with E-state index in [-0.39, 0.29) is 6.61 Å². The number of rotatable bonds is 2. The zero-order chi connectivity index (χ0) is 6.95. The van der Waals surface area contributed by atoms with Gasteiger partial charge >= 0.3 is 0 Å². The van der Waals surface area contributed by atoms with E-state index in [1.807, 2.05) is 13.0 Å². The normalized spacial score (nSPS) is 9.11. The van der Waals surface area contributed by atoms with Crippen LogP contribution in [-0.2, 0) is 0 Å². The summed E-state index contributed by atoms with van der Waals surface area (Å²) in [7, 11) is 0. The molecule has 9 heavy (non-hydrogen) atoms. The summed E-state index contributed by atoms with van der Waals surface area (Å²) < 4.78 is 0. The maximum Gasteiger partial charge on any atom is 0.0440 e. The molecule has 1 heteroatoms. The Morgan fingerprint density at radius 3 is 2.89 bits per heavy atom. The van der Waals surface area contributed by atoms with Crippen LogP contribution in [0.5, 0.6) is 0 Å². The van der Waals surface area contributed by atoms with Crippen molar-refractivity contribution in [3.05, 3.63) is 12.2 Å². The van der Waals surface area contributed by atoms with Gasteiger partial charge in [-0.2, -0.15) is 0 Å². The fraction of sp³-hybridized carbons (Fsp3) is 0.500. The van der Waals surface area contributed by atoms with Crippen molar-refractivity contribution in [2.45, 2.75) is 19.8 Å². The van der Waals surface area contributed by atoms with E-state index >= 15 is 0 Å². The van der Waals surface area contributed by atoms with E-state index in [4.69, 9.17) is 5.11 Å². The summed E-state index contributed by atoms with van der Waals surface area (Å²) in [4.78, 5) is 0. The largest absolute Gasteiger partial charge is 0.396 e. The average Bonchev–Trinajstić information content (AvgIpc) is 1.89. The van der Waals surface area contributed by atoms with Gasteiger partial charge in [0.2, 0.25) is 0 Å². The third-order valence-corrected chi connectivity index (χ3v) is 0.812. The van der Waals surface area contributed by atoms with Crippen LogP contribution in [0.25, 0.3) is 0 Å². The Hall–Kier alpha value is -0.740. The second kappa shape index (κ2) is 7.26. The molecule has 0 aliphatic rings. The predicted octanol–water partition coefficient (Wildman–Crippen LogP) is 1.34. The van der Waals surface area contributed by atoms with Gasteiger partial charge in [0.25, 0.3) is 0 Å². The third kappa shape index (κ3) is 7.26. The Kier molecular flexibility index (Phi) is 6.66. The molecule has 50 valence electrons. The number of unbranched alkanes of at least 4 members (excludes halogenated alkanes) is 1. The van der Waals surface area contributed by atoms with Crippen molar-refractivity contribution in [1.82, 2.24) is 0 Å². The Bertz CT molecular complexity index is 125. The maximum absolute atomic E-state index is 8.34. The van der Waals surface area contributed by atoms with Crippen molar-refractivity contribution in [3.8, 4) is 11.8 Å². The highest BCUT2D eigenvalue weighted by molar-refractivity contribution is 5.14. The zero-order valence-electron chi connectivity index (χ0n) is 5.72. The van der Waals surface area contributed by atoms with E-state index < -0.39 is 0 Å². The lowest BCUT2D eigenvalue weighted by Gasteiger charge is -1.81. The van der Waals surface area contributed by atoms with Crippen molar-refractivity contribution in [3.63, 3.8) is 0 Å². The summed E-state index contributed by atoms with van der Waals surface area (Å²) >= 11 is 0. The van der Waals surface area contributed by atoms with Gasteiger partial charge in [0, 0.05) is 13.0 Å². The van der Waals surface area contributed by atoms with Crippen molar-refractivity contribution in [2.24, 2.45) is 0 Å². The molecular formula is C8H12O. The van der Waals surface area contributed by atoms with E-state index in [9.17, 15) is 0 Å². The third-order valence-electron chi connectivity index (χ3n) is 0.812. The zero-order valence-corrected chi connectivity index (χ0v) is 5.72. The van der Waals surface area contributed by atoms with Crippen molar-refractivity contribution >= 4 is 0 Å². The molecule has 0 atom stereocenters. The fourth-order valence-electron chi connectivity index (χ4n) is 0.382. The first-order chi connectivity index (χ1) is 4.41. The number of allylic oxidation sites excluding steroid dienone is 2. The highest BCUT2D eigenvalue weighted by atomic mass is 16.2. The van der Waals surface area contributed by atoms with Gasteiger partial charge in [-0.1, -0.05) is 17.9 Å². The highest BCUT2D eigenvalue weighted by Crippen LogP contribution is 1.81. The van der Waals surface area contributed by atoms with E-state index in [1.165, 1.54) is 0 Å². The SMILES string of the molecule is C/C=C/C#CCCCO. The molecule has 0 spiro atoms. The molecule has 0 radical (unpaired) electrons. The fourth-order valence-corrected chi connectivity index (χ4v) is 0.382. The van der Waals surface area contributed by atoms with E-state index in [0.29, 0.717) is 0 Å². The van der Waals surface area contributed by atoms with Crippen LogP contribution in [0, 0.1) is 11.8 Å². The van der Waals surface area contributed by atoms with Crippen LogP contribution in [0.2, 0.25) is 0 Å². The first-order valence-electron chi connectivity index (χ1n) is 3.12. The molecule has 0 heterocycles. The molecule has 1 N–H and O–H groups in total. The van der Waals surface area contributed by atoms with Crippen molar-refractivity contribution < 1.29 is 5.11 Å². The molecule has 0 saturated carbocycles. The lowest BCUT2D eigenvalue weighted by Crippen LogP contribution is -1.77. The summed E-state index contributed by atoms with van der Waals surface area (Å²) in [6.07, 6.45) is 5.27. The molecule has 0 aliphatic carbocycles. The van der Waals surface area contributed by atoms with Crippen LogP contribution in [0.15, 0.2) is 12.2 Å². The Balaban J connectivity index is 3.16. The van der Waals surface area contributed by atoms with Crippen LogP contribution in [0.4, 0.5) is 0 Å². The molecule has 0 fully saturated rings. The Labute approximate surface area is 56.4 Å². The lowest BCUT2D eigenvalue weighted by atomic mass is 10.3. The molecule has 0 rings (SSSR count). The number of hydrogen-bond acceptors (Lipinski definition) is 1. The minimum absolute atomic E-state index is 0.241. The molecular weight excluding hydrogens is 112 g/mol. The summed E-state index contributed by atoms with van der Waals surface area (Å²) in [6.45, 7) is 2.17. The number of hydrogen-bond donors (Lipinski definition) is 1. The first-order valence-corrected chi connectivity index (χ1v) is 3.12. The monoisotopic (exact) mass is 124 g/mol. The maximum atomic E-state index is 8.34. The van der Waals surface area contributed by atoms with Gasteiger partial charge in [0.05, 0.1) is 0 Å². The van der Waals surface area contributed by atoms with Gasteiger partial charge in [0.1, 0.15) is 0 Å². The second-order valence-electron chi connectivity index (χ2n) is 1.65. The molecule has 0 amide bonds. The van der Waals surface area contributed by atoms with Gasteiger partial charge in [-0.3, -0.25) is 0 Å². The highest BCUT2D eigenvalue weighted by Gasteiger charge is 1.74. The summed E-state index contributed by atoms with van der Waals surface area (Å²) in [5, 5.41) is 8.34. The van der Waals surface area contributed by atoms with Crippen LogP contribution >= 0.6 is 0 Å². The standard InChI is InChI=1S/C8H12O/c1-2-3-4-5-6-7-8-9/h2-3,9H,6-8H2,1H3/b3-2+. The molecule has 0 saturated heterocycles. The minimum Gasteiger partial charge on any atom is -0.396 e. The minimum atomic E-state index is 0.241. The van der Waals surface area contributed by atoms with E-state index in [1.54, 1.807) is 6.08 Å². The summed E-state index contributed by atoms with van der Waals surface area (Å²) in [5.41, 5.74) is 0. The van der Waals surface area contributed by atoms with Crippen LogP contribution in [-0.4, -0.2) is 11.7 Å². The molecule has 1 nitrogen and oxygen atoms in total. The van der Waals surface area contributed by atoms with Gasteiger partial charge in [-0.25, -0.2) is 0 Å². The first kappa shape index (κ1) is 8.26. The molecule has 0 bridgehead atoms. The van der Waals surface area contributed by atoms with Gasteiger partial charge < -0.3 is 5.11 Å². The second-order valence-corrected chi connectivity index (χ2v) is 1.65. The van der Waals surface area contributed by atoms with E-state index in [2.05, 4.69) is 11.8 Å². The van der Waals surface area contributed by atoms with E-state index in [0.717, 1.165) is 12.8 Å². The molecule has 0 aliphatic heterocycles. The topological polar surface area (TPSA) is 20.2 Å². The lowest BCUT2D eigenvalue weighted by molar-refractivity contribution is 0.290. The molecule has 0 aromatic heterocycles. The van der Waals surface area contributed by atoms with Crippen LogP contribution < -0.4 is 0 Å². The molecule has 0 unspecified atom stereocenters. The Morgan fingerprint density at radius 2 is 2.33 bits per heavy atom. The van der Waals surface area contributed by atoms with Gasteiger partial charge in [-0.15, -0.1) is 0 Å². The van der Waals surface area contributed by atoms with Crippen LogP contribution in [0.1, 0.15) is 19.8 Å². The summed E-state index contributed by atoms with van der Waals surface area (Å²) in [6, 6.07) is 0. The average molecular weight is 124 g/mol. The van der Waals surface area contributed by atoms with Crippen molar-refractivity contribution in [2.75, 3.05) is 6.61 Å². The number of aliphatic hydroxyl groups is 1. The molecule has 0 aromatic carbocycles. The van der Waals surface area contributed by atoms with Gasteiger partial charge in [0.15, 0.2) is 0 Å². The van der Waals surface area contributed by atoms with Crippen molar-refractivity contribution in [1.29, 1.82) is 0 Å². The smallest absolute Gasteiger partial charge is 0.0440 e. The van der Waals surface area contributed by atoms with Gasteiger partial charge in [-0.05, 0) is 19.4 Å². The number of aliphatic hydroxyl groups excluding tert-OH is 1. The van der Waals surface area contributed by atoms with Crippen LogP contribution in [0.3, 0.4) is 0 Å².